The molecule has 0 atom stereocenters. The van der Waals surface area contributed by atoms with Gasteiger partial charge in [0, 0.05) is 24.8 Å². The van der Waals surface area contributed by atoms with Gasteiger partial charge in [-0.25, -0.2) is 0 Å². The van der Waals surface area contributed by atoms with Gasteiger partial charge < -0.3 is 19.7 Å². The summed E-state index contributed by atoms with van der Waals surface area (Å²) in [6.45, 7) is 3.45. The van der Waals surface area contributed by atoms with Gasteiger partial charge in [0.05, 0.1) is 6.61 Å². The van der Waals surface area contributed by atoms with Crippen LogP contribution in [-0.2, 0) is 11.3 Å². The maximum absolute atomic E-state index is 5.58. The van der Waals surface area contributed by atoms with Crippen molar-refractivity contribution in [1.82, 2.24) is 5.16 Å². The molecule has 0 bridgehead atoms. The van der Waals surface area contributed by atoms with Gasteiger partial charge in [0.1, 0.15) is 18.1 Å². The predicted molar refractivity (Wildman–Crippen MR) is 71.9 cm³/mol. The molecule has 0 aliphatic heterocycles. The van der Waals surface area contributed by atoms with Crippen molar-refractivity contribution in [2.45, 2.75) is 13.5 Å². The third-order valence-electron chi connectivity index (χ3n) is 2.89. The highest BCUT2D eigenvalue weighted by atomic mass is 16.5. The fraction of sp³-hybridized carbons (Fsp3) is 0.357. The predicted octanol–water partition coefficient (Wildman–Crippen LogP) is 2.13. The molecule has 5 heteroatoms. The molecule has 0 spiro atoms. The number of ether oxygens (including phenoxy) is 2. The topological polar surface area (TPSA) is 70.5 Å². The van der Waals surface area contributed by atoms with E-state index in [1.54, 1.807) is 7.11 Å². The summed E-state index contributed by atoms with van der Waals surface area (Å²) in [5, 5.41) is 3.95. The van der Waals surface area contributed by atoms with Crippen molar-refractivity contribution in [3.05, 3.63) is 35.5 Å². The number of benzene rings is 1. The van der Waals surface area contributed by atoms with Crippen molar-refractivity contribution in [1.29, 1.82) is 0 Å². The van der Waals surface area contributed by atoms with Crippen LogP contribution in [0.1, 0.15) is 11.3 Å². The van der Waals surface area contributed by atoms with Gasteiger partial charge in [-0.15, -0.1) is 0 Å². The highest BCUT2D eigenvalue weighted by molar-refractivity contribution is 5.62. The molecule has 1 heterocycles. The minimum absolute atomic E-state index is 0.382. The Morgan fingerprint density at radius 1 is 1.21 bits per heavy atom. The van der Waals surface area contributed by atoms with Crippen LogP contribution in [0, 0.1) is 6.92 Å². The molecule has 0 fully saturated rings. The number of rotatable bonds is 6. The third kappa shape index (κ3) is 3.13. The number of hydrogen-bond acceptors (Lipinski definition) is 5. The summed E-state index contributed by atoms with van der Waals surface area (Å²) in [5.41, 5.74) is 8.31. The second-order valence-corrected chi connectivity index (χ2v) is 4.15. The van der Waals surface area contributed by atoms with Crippen molar-refractivity contribution in [2.75, 3.05) is 20.3 Å². The van der Waals surface area contributed by atoms with E-state index in [0.717, 1.165) is 28.3 Å². The van der Waals surface area contributed by atoms with Crippen molar-refractivity contribution in [3.63, 3.8) is 0 Å². The summed E-state index contributed by atoms with van der Waals surface area (Å²) in [7, 11) is 1.65. The summed E-state index contributed by atoms with van der Waals surface area (Å²) in [5.74, 6) is 1.56. The molecule has 0 saturated heterocycles. The van der Waals surface area contributed by atoms with E-state index in [1.807, 2.05) is 31.2 Å². The summed E-state index contributed by atoms with van der Waals surface area (Å²) in [6, 6.07) is 7.68. The van der Waals surface area contributed by atoms with Crippen LogP contribution in [0.3, 0.4) is 0 Å². The molecule has 19 heavy (non-hydrogen) atoms. The second-order valence-electron chi connectivity index (χ2n) is 4.15. The third-order valence-corrected chi connectivity index (χ3v) is 2.89. The summed E-state index contributed by atoms with van der Waals surface area (Å²) >= 11 is 0. The average Bonchev–Trinajstić information content (AvgIpc) is 2.81. The van der Waals surface area contributed by atoms with Crippen molar-refractivity contribution >= 4 is 0 Å². The Labute approximate surface area is 112 Å². The van der Waals surface area contributed by atoms with E-state index in [1.165, 1.54) is 0 Å². The molecule has 0 radical (unpaired) electrons. The van der Waals surface area contributed by atoms with E-state index in [0.29, 0.717) is 19.8 Å². The minimum Gasteiger partial charge on any atom is -0.491 e. The molecule has 5 nitrogen and oxygen atoms in total. The molecular formula is C14H18N2O3. The van der Waals surface area contributed by atoms with E-state index in [2.05, 4.69) is 5.16 Å². The average molecular weight is 262 g/mol. The van der Waals surface area contributed by atoms with Crippen molar-refractivity contribution in [2.24, 2.45) is 5.73 Å². The first-order chi connectivity index (χ1) is 9.26. The Morgan fingerprint density at radius 2 is 1.95 bits per heavy atom. The van der Waals surface area contributed by atoms with Gasteiger partial charge in [0.15, 0.2) is 5.76 Å². The molecule has 2 N–H and O–H groups in total. The van der Waals surface area contributed by atoms with E-state index in [9.17, 15) is 0 Å². The molecule has 0 amide bonds. The zero-order valence-electron chi connectivity index (χ0n) is 11.2. The molecule has 0 aliphatic rings. The first kappa shape index (κ1) is 13.6. The normalized spacial score (nSPS) is 10.7. The fourth-order valence-electron chi connectivity index (χ4n) is 1.77. The van der Waals surface area contributed by atoms with Crippen molar-refractivity contribution in [3.8, 4) is 17.1 Å². The quantitative estimate of drug-likeness (QED) is 0.807. The smallest absolute Gasteiger partial charge is 0.170 e. The Hall–Kier alpha value is -1.85. The molecule has 1 aromatic carbocycles. The lowest BCUT2D eigenvalue weighted by molar-refractivity contribution is 0.146. The molecule has 1 aromatic heterocycles. The first-order valence-corrected chi connectivity index (χ1v) is 6.13. The van der Waals surface area contributed by atoms with Gasteiger partial charge in [-0.05, 0) is 31.2 Å². The van der Waals surface area contributed by atoms with Crippen LogP contribution in [0.25, 0.3) is 11.3 Å². The Kier molecular flexibility index (Phi) is 4.54. The van der Waals surface area contributed by atoms with Crippen molar-refractivity contribution < 1.29 is 14.0 Å². The SMILES string of the molecule is COCCOc1ccc(-c2onc(CN)c2C)cc1. The zero-order chi connectivity index (χ0) is 13.7. The zero-order valence-corrected chi connectivity index (χ0v) is 11.2. The van der Waals surface area contributed by atoms with Gasteiger partial charge >= 0.3 is 0 Å². The van der Waals surface area contributed by atoms with Gasteiger partial charge in [-0.3, -0.25) is 0 Å². The van der Waals surface area contributed by atoms with Gasteiger partial charge in [0.2, 0.25) is 0 Å². The van der Waals surface area contributed by atoms with Crippen LogP contribution in [0.2, 0.25) is 0 Å². The summed E-state index contributed by atoms with van der Waals surface area (Å²) < 4.78 is 15.7. The van der Waals surface area contributed by atoms with Crippen LogP contribution < -0.4 is 10.5 Å². The van der Waals surface area contributed by atoms with E-state index in [4.69, 9.17) is 19.7 Å². The first-order valence-electron chi connectivity index (χ1n) is 6.13. The fourth-order valence-corrected chi connectivity index (χ4v) is 1.77. The molecule has 2 rings (SSSR count). The van der Waals surface area contributed by atoms with Gasteiger partial charge in [-0.2, -0.15) is 0 Å². The lowest BCUT2D eigenvalue weighted by Gasteiger charge is -2.05. The Bertz CT molecular complexity index is 520. The van der Waals surface area contributed by atoms with Gasteiger partial charge in [-0.1, -0.05) is 5.16 Å². The molecule has 0 unspecified atom stereocenters. The Balaban J connectivity index is 2.11. The lowest BCUT2D eigenvalue weighted by Crippen LogP contribution is -2.03. The maximum atomic E-state index is 5.58. The highest BCUT2D eigenvalue weighted by Gasteiger charge is 2.12. The monoisotopic (exact) mass is 262 g/mol. The standard InChI is InChI=1S/C14H18N2O3/c1-10-13(9-15)16-19-14(10)11-3-5-12(6-4-11)18-8-7-17-2/h3-6H,7-9,15H2,1-2H3. The van der Waals surface area contributed by atoms with Gasteiger partial charge in [0.25, 0.3) is 0 Å². The molecule has 0 saturated carbocycles. The second kappa shape index (κ2) is 6.36. The number of nitrogens with zero attached hydrogens (tertiary/aromatic N) is 1. The summed E-state index contributed by atoms with van der Waals surface area (Å²) in [6.07, 6.45) is 0. The number of hydrogen-bond donors (Lipinski definition) is 1. The largest absolute Gasteiger partial charge is 0.491 e. The maximum Gasteiger partial charge on any atom is 0.170 e. The number of nitrogens with two attached hydrogens (primary N) is 1. The molecular weight excluding hydrogens is 244 g/mol. The van der Waals surface area contributed by atoms with E-state index >= 15 is 0 Å². The number of aromatic nitrogens is 1. The lowest BCUT2D eigenvalue weighted by atomic mass is 10.1. The highest BCUT2D eigenvalue weighted by Crippen LogP contribution is 2.27. The van der Waals surface area contributed by atoms with E-state index in [-0.39, 0.29) is 0 Å². The number of methoxy groups -OCH3 is 1. The van der Waals surface area contributed by atoms with Crippen LogP contribution in [-0.4, -0.2) is 25.5 Å². The molecule has 2 aromatic rings. The van der Waals surface area contributed by atoms with Crippen LogP contribution in [0.4, 0.5) is 0 Å². The molecule has 0 aliphatic carbocycles. The van der Waals surface area contributed by atoms with Crippen LogP contribution in [0.15, 0.2) is 28.8 Å². The van der Waals surface area contributed by atoms with E-state index < -0.39 is 0 Å². The van der Waals surface area contributed by atoms with Crippen LogP contribution >= 0.6 is 0 Å². The minimum atomic E-state index is 0.382. The van der Waals surface area contributed by atoms with Crippen LogP contribution in [0.5, 0.6) is 5.75 Å². The summed E-state index contributed by atoms with van der Waals surface area (Å²) in [4.78, 5) is 0. The molecule has 102 valence electrons. The Morgan fingerprint density at radius 3 is 2.53 bits per heavy atom.